The fraction of sp³-hybridized carbons (Fsp3) is 0.250. The minimum absolute atomic E-state index is 0.154. The molecule has 0 N–H and O–H groups in total. The number of hydrogen-bond acceptors (Lipinski definition) is 4. The Bertz CT molecular complexity index is 1250. The summed E-state index contributed by atoms with van der Waals surface area (Å²) in [5, 5.41) is 0. The first-order chi connectivity index (χ1) is 17.7. The average Bonchev–Trinajstić information content (AvgIpc) is 2.92. The van der Waals surface area contributed by atoms with Crippen LogP contribution in [-0.2, 0) is 13.0 Å². The van der Waals surface area contributed by atoms with Gasteiger partial charge in [0.25, 0.3) is 0 Å². The summed E-state index contributed by atoms with van der Waals surface area (Å²) in [6.45, 7) is 3.09. The lowest BCUT2D eigenvalue weighted by molar-refractivity contribution is 0.0920. The molecule has 0 amide bonds. The quantitative estimate of drug-likeness (QED) is 0.245. The molecule has 0 spiro atoms. The first kappa shape index (κ1) is 24.0. The molecule has 1 aromatic heterocycles. The summed E-state index contributed by atoms with van der Waals surface area (Å²) in [4.78, 5) is 19.9. The lowest BCUT2D eigenvalue weighted by atomic mass is 9.90. The Balaban J connectivity index is 1.11. The second kappa shape index (κ2) is 11.8. The molecule has 0 atom stereocenters. The highest BCUT2D eigenvalue weighted by atomic mass is 16.5. The molecule has 0 unspecified atom stereocenters. The van der Waals surface area contributed by atoms with Crippen molar-refractivity contribution in [1.82, 2.24) is 9.88 Å². The van der Waals surface area contributed by atoms with E-state index in [0.29, 0.717) is 18.0 Å². The maximum atomic E-state index is 12.9. The predicted molar refractivity (Wildman–Crippen MR) is 143 cm³/mol. The number of nitrogens with zero attached hydrogens (tertiary/aromatic N) is 2. The number of ether oxygens (including phenoxy) is 1. The van der Waals surface area contributed by atoms with Gasteiger partial charge in [0.2, 0.25) is 0 Å². The molecular formula is C32H32N2O2. The van der Waals surface area contributed by atoms with Crippen LogP contribution < -0.4 is 4.74 Å². The zero-order valence-corrected chi connectivity index (χ0v) is 20.6. The summed E-state index contributed by atoms with van der Waals surface area (Å²) in [5.74, 6) is 2.23. The van der Waals surface area contributed by atoms with Gasteiger partial charge in [0.05, 0.1) is 0 Å². The lowest BCUT2D eigenvalue weighted by Crippen LogP contribution is -2.34. The number of likely N-dealkylation sites (tertiary alicyclic amines) is 1. The molecule has 182 valence electrons. The zero-order chi connectivity index (χ0) is 24.6. The number of ketones is 1. The molecule has 4 nitrogen and oxygen atoms in total. The summed E-state index contributed by atoms with van der Waals surface area (Å²) < 4.78 is 5.95. The van der Waals surface area contributed by atoms with E-state index in [4.69, 9.17) is 4.74 Å². The van der Waals surface area contributed by atoms with Gasteiger partial charge in [-0.15, -0.1) is 0 Å². The molecule has 0 aliphatic carbocycles. The number of carbonyl (C=O) groups excluding carboxylic acids is 1. The predicted octanol–water partition coefficient (Wildman–Crippen LogP) is 6.95. The summed E-state index contributed by atoms with van der Waals surface area (Å²) in [6, 6.07) is 32.4. The van der Waals surface area contributed by atoms with Gasteiger partial charge < -0.3 is 4.74 Å². The Labute approximate surface area is 213 Å². The molecule has 0 saturated carbocycles. The zero-order valence-electron chi connectivity index (χ0n) is 20.6. The Morgan fingerprint density at radius 1 is 0.778 bits per heavy atom. The minimum Gasteiger partial charge on any atom is -0.457 e. The number of carbonyl (C=O) groups is 1. The van der Waals surface area contributed by atoms with Crippen LogP contribution in [0, 0.1) is 5.92 Å². The van der Waals surface area contributed by atoms with E-state index in [1.165, 1.54) is 5.56 Å². The topological polar surface area (TPSA) is 42.4 Å². The van der Waals surface area contributed by atoms with Gasteiger partial charge in [-0.2, -0.15) is 0 Å². The summed E-state index contributed by atoms with van der Waals surface area (Å²) in [7, 11) is 0. The molecule has 1 aliphatic heterocycles. The third-order valence-electron chi connectivity index (χ3n) is 6.83. The normalized spacial score (nSPS) is 14.4. The lowest BCUT2D eigenvalue weighted by Gasteiger charge is -2.31. The number of hydrogen-bond donors (Lipinski definition) is 0. The van der Waals surface area contributed by atoms with Crippen LogP contribution in [0.5, 0.6) is 11.5 Å². The van der Waals surface area contributed by atoms with Crippen molar-refractivity contribution in [3.05, 3.63) is 126 Å². The van der Waals surface area contributed by atoms with Crippen molar-refractivity contribution in [3.63, 3.8) is 0 Å². The highest BCUT2D eigenvalue weighted by Crippen LogP contribution is 2.25. The van der Waals surface area contributed by atoms with Gasteiger partial charge in [0.15, 0.2) is 5.78 Å². The summed E-state index contributed by atoms with van der Waals surface area (Å²) in [6.07, 6.45) is 5.30. The molecule has 1 saturated heterocycles. The second-order valence-corrected chi connectivity index (χ2v) is 9.62. The van der Waals surface area contributed by atoms with Crippen molar-refractivity contribution >= 4 is 5.78 Å². The van der Waals surface area contributed by atoms with E-state index < -0.39 is 0 Å². The van der Waals surface area contributed by atoms with Crippen molar-refractivity contribution in [3.8, 4) is 11.5 Å². The molecule has 1 aliphatic rings. The third-order valence-corrected chi connectivity index (χ3v) is 6.83. The van der Waals surface area contributed by atoms with Crippen LogP contribution in [0.25, 0.3) is 0 Å². The minimum atomic E-state index is 0.154. The summed E-state index contributed by atoms with van der Waals surface area (Å²) in [5.41, 5.74) is 4.16. The SMILES string of the molecule is O=C(CC1CCN(Cc2ccccc2)CC1)c1ccc(Cc2cccc(Oc3ccccc3)c2)cn1. The molecule has 4 aromatic rings. The fourth-order valence-corrected chi connectivity index (χ4v) is 4.83. The van der Waals surface area contributed by atoms with Crippen LogP contribution in [0.4, 0.5) is 0 Å². The number of pyridine rings is 1. The van der Waals surface area contributed by atoms with E-state index in [0.717, 1.165) is 61.5 Å². The summed E-state index contributed by atoms with van der Waals surface area (Å²) >= 11 is 0. The Hall–Kier alpha value is -3.76. The highest BCUT2D eigenvalue weighted by Gasteiger charge is 2.22. The van der Waals surface area contributed by atoms with Crippen molar-refractivity contribution in [2.45, 2.75) is 32.2 Å². The Morgan fingerprint density at radius 3 is 2.19 bits per heavy atom. The van der Waals surface area contributed by atoms with Crippen LogP contribution in [0.1, 0.15) is 46.4 Å². The van der Waals surface area contributed by atoms with Crippen LogP contribution in [0.15, 0.2) is 103 Å². The van der Waals surface area contributed by atoms with Crippen molar-refractivity contribution in [2.24, 2.45) is 5.92 Å². The van der Waals surface area contributed by atoms with Crippen LogP contribution in [-0.4, -0.2) is 28.8 Å². The fourth-order valence-electron chi connectivity index (χ4n) is 4.83. The van der Waals surface area contributed by atoms with Crippen molar-refractivity contribution in [2.75, 3.05) is 13.1 Å². The Morgan fingerprint density at radius 2 is 1.47 bits per heavy atom. The van der Waals surface area contributed by atoms with Gasteiger partial charge in [-0.25, -0.2) is 0 Å². The van der Waals surface area contributed by atoms with Crippen LogP contribution in [0.3, 0.4) is 0 Å². The van der Waals surface area contributed by atoms with Gasteiger partial charge in [-0.05, 0) is 85.3 Å². The second-order valence-electron chi connectivity index (χ2n) is 9.62. The van der Waals surface area contributed by atoms with Crippen molar-refractivity contribution in [1.29, 1.82) is 0 Å². The van der Waals surface area contributed by atoms with Gasteiger partial charge >= 0.3 is 0 Å². The number of rotatable bonds is 9. The van der Waals surface area contributed by atoms with E-state index in [1.807, 2.05) is 60.8 Å². The van der Waals surface area contributed by atoms with E-state index in [1.54, 1.807) is 0 Å². The molecule has 0 bridgehead atoms. The smallest absolute Gasteiger partial charge is 0.181 e. The average molecular weight is 477 g/mol. The van der Waals surface area contributed by atoms with Gasteiger partial charge in [-0.1, -0.05) is 66.7 Å². The number of aromatic nitrogens is 1. The third kappa shape index (κ3) is 6.67. The van der Waals surface area contributed by atoms with Gasteiger partial charge in [-0.3, -0.25) is 14.7 Å². The molecule has 36 heavy (non-hydrogen) atoms. The molecule has 0 radical (unpaired) electrons. The molecular weight excluding hydrogens is 444 g/mol. The molecule has 1 fully saturated rings. The largest absolute Gasteiger partial charge is 0.457 e. The number of para-hydroxylation sites is 1. The number of piperidine rings is 1. The molecule has 2 heterocycles. The standard InChI is InChI=1S/C32H32N2O2/c35-32(22-25-16-18-34(19-17-25)24-26-8-3-1-4-9-26)31-15-14-28(23-33-31)20-27-10-7-13-30(21-27)36-29-11-5-2-6-12-29/h1-15,21,23,25H,16-20,22,24H2. The number of benzene rings is 3. The molecule has 3 aromatic carbocycles. The molecule has 4 heteroatoms. The van der Waals surface area contributed by atoms with Crippen molar-refractivity contribution < 1.29 is 9.53 Å². The maximum absolute atomic E-state index is 12.9. The maximum Gasteiger partial charge on any atom is 0.181 e. The van der Waals surface area contributed by atoms with Gasteiger partial charge in [0.1, 0.15) is 17.2 Å². The monoisotopic (exact) mass is 476 g/mol. The van der Waals surface area contributed by atoms with Crippen LogP contribution >= 0.6 is 0 Å². The first-order valence-corrected chi connectivity index (χ1v) is 12.8. The molecule has 5 rings (SSSR count). The van der Waals surface area contributed by atoms with E-state index >= 15 is 0 Å². The number of Topliss-reactive ketones (excluding diaryl/α,β-unsaturated/α-hetero) is 1. The van der Waals surface area contributed by atoms with Gasteiger partial charge in [0, 0.05) is 19.2 Å². The van der Waals surface area contributed by atoms with Crippen LogP contribution in [0.2, 0.25) is 0 Å². The Kier molecular flexibility index (Phi) is 7.84. The highest BCUT2D eigenvalue weighted by molar-refractivity contribution is 5.94. The van der Waals surface area contributed by atoms with E-state index in [-0.39, 0.29) is 5.78 Å². The van der Waals surface area contributed by atoms with E-state index in [9.17, 15) is 4.79 Å². The first-order valence-electron chi connectivity index (χ1n) is 12.8. The van der Waals surface area contributed by atoms with E-state index in [2.05, 4.69) is 52.3 Å².